The van der Waals surface area contributed by atoms with Gasteiger partial charge in [-0.3, -0.25) is 4.84 Å². The molecule has 1 aliphatic heterocycles. The molecule has 0 bridgehead atoms. The first kappa shape index (κ1) is 15.3. The molecule has 1 amide bonds. The van der Waals surface area contributed by atoms with Crippen LogP contribution in [0.4, 0.5) is 4.79 Å². The van der Waals surface area contributed by atoms with E-state index in [2.05, 4.69) is 0 Å². The average molecular weight is 295 g/mol. The minimum absolute atomic E-state index is 0.0826. The summed E-state index contributed by atoms with van der Waals surface area (Å²) in [5.41, 5.74) is 1.42. The fraction of sp³-hybridized carbons (Fsp3) is 0.429. The van der Waals surface area contributed by atoms with Crippen molar-refractivity contribution in [3.8, 4) is 0 Å². The molecule has 1 fully saturated rings. The predicted molar refractivity (Wildman–Crippen MR) is 71.3 cm³/mol. The van der Waals surface area contributed by atoms with Crippen molar-refractivity contribution in [1.29, 1.82) is 0 Å². The van der Waals surface area contributed by atoms with Gasteiger partial charge >= 0.3 is 12.1 Å². The molecule has 1 aromatic rings. The molecule has 1 aromatic carbocycles. The Morgan fingerprint density at radius 1 is 1.24 bits per heavy atom. The zero-order chi connectivity index (χ0) is 15.1. The third kappa shape index (κ3) is 4.17. The van der Waals surface area contributed by atoms with Gasteiger partial charge in [0.05, 0.1) is 13.2 Å². The number of carbonyl (C=O) groups excluding carboxylic acids is 1. The second-order valence-electron chi connectivity index (χ2n) is 4.68. The van der Waals surface area contributed by atoms with Crippen molar-refractivity contribution in [2.24, 2.45) is 0 Å². The van der Waals surface area contributed by atoms with E-state index in [0.29, 0.717) is 0 Å². The van der Waals surface area contributed by atoms with E-state index < -0.39 is 17.7 Å². The molecular weight excluding hydrogens is 278 g/mol. The van der Waals surface area contributed by atoms with E-state index in [0.717, 1.165) is 5.56 Å². The van der Waals surface area contributed by atoms with Gasteiger partial charge in [-0.1, -0.05) is 30.3 Å². The third-order valence-corrected chi connectivity index (χ3v) is 3.23. The Hall–Kier alpha value is -2.12. The van der Waals surface area contributed by atoms with Crippen molar-refractivity contribution in [1.82, 2.24) is 5.48 Å². The number of benzene rings is 1. The number of carbonyl (C=O) groups is 2. The van der Waals surface area contributed by atoms with Crippen LogP contribution in [0.5, 0.6) is 0 Å². The highest BCUT2D eigenvalue weighted by atomic mass is 16.7. The van der Waals surface area contributed by atoms with Crippen molar-refractivity contribution in [3.05, 3.63) is 35.9 Å². The highest BCUT2D eigenvalue weighted by Crippen LogP contribution is 2.24. The molecule has 7 heteroatoms. The monoisotopic (exact) mass is 295 g/mol. The SMILES string of the molecule is O=C(NOC1(C(=O)O)CCOCC1)OCc1ccccc1. The summed E-state index contributed by atoms with van der Waals surface area (Å²) < 4.78 is 10.0. The van der Waals surface area contributed by atoms with Gasteiger partial charge in [0, 0.05) is 12.8 Å². The second-order valence-corrected chi connectivity index (χ2v) is 4.68. The number of hydroxylamine groups is 1. The van der Waals surface area contributed by atoms with Crippen LogP contribution in [-0.4, -0.2) is 36.0 Å². The van der Waals surface area contributed by atoms with Crippen molar-refractivity contribution in [2.45, 2.75) is 25.0 Å². The van der Waals surface area contributed by atoms with E-state index in [1.807, 2.05) is 35.8 Å². The van der Waals surface area contributed by atoms with Crippen LogP contribution in [0.15, 0.2) is 30.3 Å². The van der Waals surface area contributed by atoms with E-state index in [1.54, 1.807) is 0 Å². The van der Waals surface area contributed by atoms with Crippen molar-refractivity contribution in [2.75, 3.05) is 13.2 Å². The fourth-order valence-electron chi connectivity index (χ4n) is 1.95. The van der Waals surface area contributed by atoms with E-state index in [1.165, 1.54) is 0 Å². The number of aliphatic carboxylic acids is 1. The Kier molecular flexibility index (Phi) is 5.13. The second kappa shape index (κ2) is 7.05. The van der Waals surface area contributed by atoms with E-state index in [4.69, 9.17) is 14.3 Å². The van der Waals surface area contributed by atoms with Crippen LogP contribution >= 0.6 is 0 Å². The van der Waals surface area contributed by atoms with Crippen LogP contribution in [0.3, 0.4) is 0 Å². The van der Waals surface area contributed by atoms with E-state index in [-0.39, 0.29) is 32.7 Å². The summed E-state index contributed by atoms with van der Waals surface area (Å²) in [4.78, 5) is 27.9. The lowest BCUT2D eigenvalue weighted by Gasteiger charge is -2.31. The van der Waals surface area contributed by atoms with Crippen LogP contribution in [0.2, 0.25) is 0 Å². The van der Waals surface area contributed by atoms with Crippen LogP contribution in [0.1, 0.15) is 18.4 Å². The maximum Gasteiger partial charge on any atom is 0.431 e. The number of carboxylic acid groups (broad SMARTS) is 1. The summed E-state index contributed by atoms with van der Waals surface area (Å²) in [5, 5.41) is 9.24. The Bertz CT molecular complexity index is 483. The number of nitrogens with one attached hydrogen (secondary N) is 1. The van der Waals surface area contributed by atoms with Crippen LogP contribution in [-0.2, 0) is 25.7 Å². The van der Waals surface area contributed by atoms with Crippen molar-refractivity contribution < 1.29 is 29.0 Å². The van der Waals surface area contributed by atoms with Crippen molar-refractivity contribution >= 4 is 12.1 Å². The van der Waals surface area contributed by atoms with Gasteiger partial charge in [0.15, 0.2) is 5.60 Å². The molecule has 0 aliphatic carbocycles. The standard InChI is InChI=1S/C14H17NO6/c16-12(17)14(6-8-19-9-7-14)21-15-13(18)20-10-11-4-2-1-3-5-11/h1-5H,6-10H2,(H,15,18)(H,16,17). The van der Waals surface area contributed by atoms with Gasteiger partial charge in [-0.05, 0) is 5.56 Å². The van der Waals surface area contributed by atoms with Crippen LogP contribution in [0.25, 0.3) is 0 Å². The molecular formula is C14H17NO6. The number of rotatable bonds is 5. The van der Waals surface area contributed by atoms with Gasteiger partial charge in [-0.15, -0.1) is 0 Å². The molecule has 0 unspecified atom stereocenters. The van der Waals surface area contributed by atoms with Gasteiger partial charge in [-0.2, -0.15) is 5.48 Å². The molecule has 1 heterocycles. The lowest BCUT2D eigenvalue weighted by atomic mass is 9.95. The normalized spacial score (nSPS) is 17.0. The molecule has 7 nitrogen and oxygen atoms in total. The first-order chi connectivity index (χ1) is 10.1. The first-order valence-electron chi connectivity index (χ1n) is 6.58. The summed E-state index contributed by atoms with van der Waals surface area (Å²) in [6, 6.07) is 9.13. The maximum atomic E-state index is 11.5. The minimum Gasteiger partial charge on any atom is -0.479 e. The van der Waals surface area contributed by atoms with Gasteiger partial charge in [0.25, 0.3) is 0 Å². The lowest BCUT2D eigenvalue weighted by molar-refractivity contribution is -0.190. The molecule has 0 atom stereocenters. The zero-order valence-corrected chi connectivity index (χ0v) is 11.4. The largest absolute Gasteiger partial charge is 0.479 e. The maximum absolute atomic E-state index is 11.5. The van der Waals surface area contributed by atoms with E-state index >= 15 is 0 Å². The molecule has 0 saturated carbocycles. The van der Waals surface area contributed by atoms with Gasteiger partial charge in [0.1, 0.15) is 6.61 Å². The minimum atomic E-state index is -1.45. The molecule has 0 aromatic heterocycles. The lowest BCUT2D eigenvalue weighted by Crippen LogP contribution is -2.50. The third-order valence-electron chi connectivity index (χ3n) is 3.23. The number of ether oxygens (including phenoxy) is 2. The van der Waals surface area contributed by atoms with Crippen LogP contribution in [0, 0.1) is 0 Å². The highest BCUT2D eigenvalue weighted by molar-refractivity contribution is 5.78. The molecule has 0 spiro atoms. The Balaban J connectivity index is 1.80. The van der Waals surface area contributed by atoms with E-state index in [9.17, 15) is 14.7 Å². The Morgan fingerprint density at radius 2 is 1.90 bits per heavy atom. The van der Waals surface area contributed by atoms with Crippen LogP contribution < -0.4 is 5.48 Å². The zero-order valence-electron chi connectivity index (χ0n) is 11.4. The predicted octanol–water partition coefficient (Wildman–Crippen LogP) is 1.48. The fourth-order valence-corrected chi connectivity index (χ4v) is 1.95. The quantitative estimate of drug-likeness (QED) is 0.799. The summed E-state index contributed by atoms with van der Waals surface area (Å²) in [7, 11) is 0. The summed E-state index contributed by atoms with van der Waals surface area (Å²) in [6.45, 7) is 0.624. The smallest absolute Gasteiger partial charge is 0.431 e. The molecule has 1 saturated heterocycles. The first-order valence-corrected chi connectivity index (χ1v) is 6.58. The summed E-state index contributed by atoms with van der Waals surface area (Å²) >= 11 is 0. The number of carboxylic acids is 1. The average Bonchev–Trinajstić information content (AvgIpc) is 2.52. The Labute approximate surface area is 121 Å². The number of hydrogen-bond donors (Lipinski definition) is 2. The Morgan fingerprint density at radius 3 is 2.52 bits per heavy atom. The summed E-state index contributed by atoms with van der Waals surface area (Å²) in [5.74, 6) is -1.13. The van der Waals surface area contributed by atoms with Gasteiger partial charge < -0.3 is 14.6 Å². The molecule has 21 heavy (non-hydrogen) atoms. The summed E-state index contributed by atoms with van der Waals surface area (Å²) in [6.07, 6.45) is -0.492. The number of amides is 1. The van der Waals surface area contributed by atoms with Gasteiger partial charge in [0.2, 0.25) is 0 Å². The topological polar surface area (TPSA) is 94.1 Å². The number of hydrogen-bond acceptors (Lipinski definition) is 5. The molecule has 2 rings (SSSR count). The molecule has 1 aliphatic rings. The highest BCUT2D eigenvalue weighted by Gasteiger charge is 2.43. The van der Waals surface area contributed by atoms with Crippen molar-refractivity contribution in [3.63, 3.8) is 0 Å². The van der Waals surface area contributed by atoms with Gasteiger partial charge in [-0.25, -0.2) is 9.59 Å². The molecule has 0 radical (unpaired) electrons. The molecule has 114 valence electrons. The molecule has 2 N–H and O–H groups in total.